The maximum Gasteiger partial charge on any atom is 0.255 e. The third kappa shape index (κ3) is 3.13. The molecule has 0 bridgehead atoms. The Morgan fingerprint density at radius 2 is 2.27 bits per heavy atom. The van der Waals surface area contributed by atoms with E-state index in [1.54, 1.807) is 25.1 Å². The monoisotopic (exact) mass is 227 g/mol. The van der Waals surface area contributed by atoms with Crippen LogP contribution in [0.15, 0.2) is 18.2 Å². The van der Waals surface area contributed by atoms with Crippen molar-refractivity contribution in [2.24, 2.45) is 0 Å². The average Bonchev–Trinajstić information content (AvgIpc) is 2.17. The summed E-state index contributed by atoms with van der Waals surface area (Å²) in [5.41, 5.74) is 1.19. The van der Waals surface area contributed by atoms with Crippen LogP contribution in [0.5, 0.6) is 5.75 Å². The Hall–Kier alpha value is -1.22. The lowest BCUT2D eigenvalue weighted by molar-refractivity contribution is 0.0941. The van der Waals surface area contributed by atoms with Gasteiger partial charge in [-0.05, 0) is 31.5 Å². The number of phenolic OH excluding ortho intramolecular Hbond substituents is 1. The summed E-state index contributed by atoms with van der Waals surface area (Å²) < 4.78 is 0. The zero-order valence-electron chi connectivity index (χ0n) is 8.75. The van der Waals surface area contributed by atoms with E-state index in [4.69, 9.17) is 11.6 Å². The number of benzene rings is 1. The van der Waals surface area contributed by atoms with Gasteiger partial charge in [-0.15, -0.1) is 11.6 Å². The third-order valence-electron chi connectivity index (χ3n) is 2.01. The lowest BCUT2D eigenvalue weighted by Crippen LogP contribution is -2.33. The number of carbonyl (C=O) groups is 1. The van der Waals surface area contributed by atoms with Gasteiger partial charge in [-0.3, -0.25) is 4.79 Å². The van der Waals surface area contributed by atoms with E-state index < -0.39 is 0 Å². The van der Waals surface area contributed by atoms with Crippen LogP contribution in [0.1, 0.15) is 22.8 Å². The molecule has 0 aliphatic carbocycles. The SMILES string of the molecule is Cc1ccc(C(=O)NC(C)CCl)c(O)c1. The van der Waals surface area contributed by atoms with Gasteiger partial charge in [-0.2, -0.15) is 0 Å². The van der Waals surface area contributed by atoms with Crippen molar-refractivity contribution in [2.45, 2.75) is 19.9 Å². The van der Waals surface area contributed by atoms with Crippen LogP contribution < -0.4 is 5.32 Å². The summed E-state index contributed by atoms with van der Waals surface area (Å²) in [6.45, 7) is 3.65. The summed E-state index contributed by atoms with van der Waals surface area (Å²) >= 11 is 5.57. The molecule has 4 heteroatoms. The number of rotatable bonds is 3. The van der Waals surface area contributed by atoms with Crippen LogP contribution >= 0.6 is 11.6 Å². The van der Waals surface area contributed by atoms with Gasteiger partial charge < -0.3 is 10.4 Å². The Kier molecular flexibility index (Phi) is 3.97. The predicted octanol–water partition coefficient (Wildman–Crippen LogP) is 2.06. The summed E-state index contributed by atoms with van der Waals surface area (Å²) in [6.07, 6.45) is 0. The molecular weight excluding hydrogens is 214 g/mol. The lowest BCUT2D eigenvalue weighted by Gasteiger charge is -2.11. The molecule has 1 atom stereocenters. The van der Waals surface area contributed by atoms with Crippen molar-refractivity contribution in [1.82, 2.24) is 5.32 Å². The Labute approximate surface area is 94.1 Å². The van der Waals surface area contributed by atoms with E-state index in [9.17, 15) is 9.90 Å². The summed E-state index contributed by atoms with van der Waals surface area (Å²) in [6, 6.07) is 4.82. The molecule has 0 saturated carbocycles. The number of hydrogen-bond acceptors (Lipinski definition) is 2. The number of carbonyl (C=O) groups excluding carboxylic acids is 1. The van der Waals surface area contributed by atoms with Crippen molar-refractivity contribution in [3.63, 3.8) is 0 Å². The molecule has 0 spiro atoms. The summed E-state index contributed by atoms with van der Waals surface area (Å²) in [4.78, 5) is 11.6. The predicted molar refractivity (Wildman–Crippen MR) is 60.5 cm³/mol. The highest BCUT2D eigenvalue weighted by atomic mass is 35.5. The first kappa shape index (κ1) is 11.9. The molecule has 2 N–H and O–H groups in total. The van der Waals surface area contributed by atoms with Crippen LogP contribution in [0.2, 0.25) is 0 Å². The van der Waals surface area contributed by atoms with Gasteiger partial charge in [0, 0.05) is 11.9 Å². The fourth-order valence-electron chi connectivity index (χ4n) is 1.17. The zero-order valence-corrected chi connectivity index (χ0v) is 9.51. The van der Waals surface area contributed by atoms with E-state index in [2.05, 4.69) is 5.32 Å². The molecule has 0 aromatic heterocycles. The summed E-state index contributed by atoms with van der Waals surface area (Å²) in [5.74, 6) is 0.0353. The minimum absolute atomic E-state index is 0.00530. The van der Waals surface area contributed by atoms with E-state index in [0.29, 0.717) is 5.88 Å². The molecule has 1 rings (SSSR count). The highest BCUT2D eigenvalue weighted by molar-refractivity contribution is 6.18. The highest BCUT2D eigenvalue weighted by Crippen LogP contribution is 2.18. The number of amides is 1. The molecule has 0 aliphatic heterocycles. The van der Waals surface area contributed by atoms with E-state index in [1.165, 1.54) is 0 Å². The first-order valence-electron chi connectivity index (χ1n) is 4.71. The van der Waals surface area contributed by atoms with Crippen LogP contribution in [-0.4, -0.2) is 22.9 Å². The van der Waals surface area contributed by atoms with Crippen molar-refractivity contribution < 1.29 is 9.90 Å². The van der Waals surface area contributed by atoms with Gasteiger partial charge in [0.05, 0.1) is 5.56 Å². The van der Waals surface area contributed by atoms with E-state index in [-0.39, 0.29) is 23.3 Å². The maximum absolute atomic E-state index is 11.6. The van der Waals surface area contributed by atoms with Crippen molar-refractivity contribution >= 4 is 17.5 Å². The fourth-order valence-corrected chi connectivity index (χ4v) is 1.25. The molecule has 1 aromatic rings. The number of hydrogen-bond donors (Lipinski definition) is 2. The number of alkyl halides is 1. The Morgan fingerprint density at radius 1 is 1.60 bits per heavy atom. The summed E-state index contributed by atoms with van der Waals surface area (Å²) in [5, 5.41) is 12.2. The van der Waals surface area contributed by atoms with Gasteiger partial charge in [-0.25, -0.2) is 0 Å². The molecular formula is C11H14ClNO2. The summed E-state index contributed by atoms with van der Waals surface area (Å²) in [7, 11) is 0. The molecule has 0 fully saturated rings. The zero-order chi connectivity index (χ0) is 11.4. The van der Waals surface area contributed by atoms with Gasteiger partial charge in [-0.1, -0.05) is 6.07 Å². The van der Waals surface area contributed by atoms with Crippen molar-refractivity contribution in [2.75, 3.05) is 5.88 Å². The second-order valence-corrected chi connectivity index (χ2v) is 3.86. The van der Waals surface area contributed by atoms with Crippen molar-refractivity contribution in [3.8, 4) is 5.75 Å². The fraction of sp³-hybridized carbons (Fsp3) is 0.364. The van der Waals surface area contributed by atoms with Crippen LogP contribution in [0, 0.1) is 6.92 Å². The Bertz CT molecular complexity index is 366. The molecule has 1 aromatic carbocycles. The second-order valence-electron chi connectivity index (χ2n) is 3.55. The van der Waals surface area contributed by atoms with E-state index in [0.717, 1.165) is 5.56 Å². The number of aryl methyl sites for hydroxylation is 1. The lowest BCUT2D eigenvalue weighted by atomic mass is 10.1. The van der Waals surface area contributed by atoms with Crippen molar-refractivity contribution in [1.29, 1.82) is 0 Å². The minimum atomic E-state index is -0.305. The van der Waals surface area contributed by atoms with E-state index in [1.807, 2.05) is 6.92 Å². The molecule has 0 saturated heterocycles. The molecule has 82 valence electrons. The minimum Gasteiger partial charge on any atom is -0.507 e. The largest absolute Gasteiger partial charge is 0.507 e. The molecule has 0 radical (unpaired) electrons. The van der Waals surface area contributed by atoms with E-state index >= 15 is 0 Å². The second kappa shape index (κ2) is 5.03. The van der Waals surface area contributed by atoms with Gasteiger partial charge in [0.1, 0.15) is 5.75 Å². The van der Waals surface area contributed by atoms with Crippen LogP contribution in [0.4, 0.5) is 0 Å². The van der Waals surface area contributed by atoms with Gasteiger partial charge in [0.2, 0.25) is 0 Å². The molecule has 15 heavy (non-hydrogen) atoms. The standard InChI is InChI=1S/C11H14ClNO2/c1-7-3-4-9(10(14)5-7)11(15)13-8(2)6-12/h3-5,8,14H,6H2,1-2H3,(H,13,15). The van der Waals surface area contributed by atoms with Gasteiger partial charge in [0.15, 0.2) is 0 Å². The van der Waals surface area contributed by atoms with Gasteiger partial charge in [0.25, 0.3) is 5.91 Å². The van der Waals surface area contributed by atoms with Crippen LogP contribution in [-0.2, 0) is 0 Å². The average molecular weight is 228 g/mol. The van der Waals surface area contributed by atoms with Crippen LogP contribution in [0.25, 0.3) is 0 Å². The smallest absolute Gasteiger partial charge is 0.255 e. The molecule has 0 heterocycles. The van der Waals surface area contributed by atoms with Crippen molar-refractivity contribution in [3.05, 3.63) is 29.3 Å². The number of aromatic hydroxyl groups is 1. The molecule has 1 amide bonds. The number of halogens is 1. The first-order chi connectivity index (χ1) is 7.04. The van der Waals surface area contributed by atoms with Crippen LogP contribution in [0.3, 0.4) is 0 Å². The van der Waals surface area contributed by atoms with Gasteiger partial charge >= 0.3 is 0 Å². The quantitative estimate of drug-likeness (QED) is 0.777. The third-order valence-corrected chi connectivity index (χ3v) is 2.47. The first-order valence-corrected chi connectivity index (χ1v) is 5.24. The molecule has 1 unspecified atom stereocenters. The topological polar surface area (TPSA) is 49.3 Å². The normalized spacial score (nSPS) is 12.2. The number of nitrogens with one attached hydrogen (secondary N) is 1. The Morgan fingerprint density at radius 3 is 2.80 bits per heavy atom. The molecule has 0 aliphatic rings. The Balaban J connectivity index is 2.82. The maximum atomic E-state index is 11.6. The molecule has 3 nitrogen and oxygen atoms in total. The number of phenols is 1. The highest BCUT2D eigenvalue weighted by Gasteiger charge is 2.12.